The van der Waals surface area contributed by atoms with Gasteiger partial charge in [0.1, 0.15) is 0 Å². The molecule has 2 aliphatic rings. The number of benzene rings is 2. The molecule has 1 aliphatic heterocycles. The normalized spacial score (nSPS) is 19.2. The standard InChI is InChI=1S/C36H52N6O3/c1-7-16-42(31-14-12-30(13-15-31)39(4)5)34-22-29(28-10-8-27(9-11-28)24-41-17-19-45-20-18-41)21-32(25(34)2)35(43)37-23-33-26(3)40(6)38-36(33)44/h8-11,21-22,30-31H,7,12-20,23-24H2,1-6H3,(H,37,43)(H,38,44). The van der Waals surface area contributed by atoms with Gasteiger partial charge >= 0.3 is 0 Å². The second-order valence-electron chi connectivity index (χ2n) is 13.1. The fourth-order valence-corrected chi connectivity index (χ4v) is 6.99. The first kappa shape index (κ1) is 33.0. The summed E-state index contributed by atoms with van der Waals surface area (Å²) < 4.78 is 7.22. The second-order valence-corrected chi connectivity index (χ2v) is 13.1. The summed E-state index contributed by atoms with van der Waals surface area (Å²) in [6.07, 6.45) is 5.67. The van der Waals surface area contributed by atoms with Gasteiger partial charge in [0, 0.05) is 62.3 Å². The predicted molar refractivity (Wildman–Crippen MR) is 182 cm³/mol. The quantitative estimate of drug-likeness (QED) is 0.321. The van der Waals surface area contributed by atoms with Crippen LogP contribution in [0.2, 0.25) is 0 Å². The van der Waals surface area contributed by atoms with Gasteiger partial charge in [0.2, 0.25) is 0 Å². The van der Waals surface area contributed by atoms with Gasteiger partial charge in [-0.05, 0) is 94.4 Å². The molecule has 1 aliphatic carbocycles. The van der Waals surface area contributed by atoms with Gasteiger partial charge in [-0.25, -0.2) is 0 Å². The minimum Gasteiger partial charge on any atom is -0.379 e. The fourth-order valence-electron chi connectivity index (χ4n) is 6.99. The van der Waals surface area contributed by atoms with Crippen LogP contribution in [0.1, 0.15) is 71.8 Å². The molecule has 2 fully saturated rings. The number of anilines is 1. The lowest BCUT2D eigenvalue weighted by Gasteiger charge is -2.41. The minimum atomic E-state index is -0.166. The number of hydrogen-bond donors (Lipinski definition) is 2. The van der Waals surface area contributed by atoms with Crippen LogP contribution in [-0.2, 0) is 24.9 Å². The number of nitrogens with zero attached hydrogens (tertiary/aromatic N) is 4. The molecule has 1 saturated carbocycles. The fraction of sp³-hybridized carbons (Fsp3) is 0.556. The first-order valence-corrected chi connectivity index (χ1v) is 16.7. The lowest BCUT2D eigenvalue weighted by molar-refractivity contribution is 0.0342. The average molecular weight is 617 g/mol. The zero-order valence-corrected chi connectivity index (χ0v) is 28.1. The van der Waals surface area contributed by atoms with Gasteiger partial charge < -0.3 is 19.9 Å². The van der Waals surface area contributed by atoms with E-state index < -0.39 is 0 Å². The number of rotatable bonds is 11. The van der Waals surface area contributed by atoms with E-state index in [-0.39, 0.29) is 18.0 Å². The Labute approximate surface area is 268 Å². The van der Waals surface area contributed by atoms with Crippen molar-refractivity contribution in [2.75, 3.05) is 51.8 Å². The highest BCUT2D eigenvalue weighted by Crippen LogP contribution is 2.36. The van der Waals surface area contributed by atoms with E-state index in [4.69, 9.17) is 4.74 Å². The van der Waals surface area contributed by atoms with E-state index in [9.17, 15) is 9.59 Å². The number of amides is 1. The maximum absolute atomic E-state index is 13.9. The molecule has 0 bridgehead atoms. The smallest absolute Gasteiger partial charge is 0.269 e. The number of ether oxygens (including phenoxy) is 1. The Hall–Kier alpha value is -3.40. The van der Waals surface area contributed by atoms with Crippen molar-refractivity contribution in [2.45, 2.75) is 78.0 Å². The first-order chi connectivity index (χ1) is 21.7. The molecule has 0 radical (unpaired) electrons. The summed E-state index contributed by atoms with van der Waals surface area (Å²) in [6, 6.07) is 14.2. The summed E-state index contributed by atoms with van der Waals surface area (Å²) in [5.74, 6) is -0.157. The van der Waals surface area contributed by atoms with Crippen LogP contribution in [0, 0.1) is 13.8 Å². The van der Waals surface area contributed by atoms with Gasteiger partial charge in [-0.1, -0.05) is 31.2 Å². The lowest BCUT2D eigenvalue weighted by atomic mass is 9.88. The molecule has 9 heteroatoms. The molecule has 1 aromatic heterocycles. The summed E-state index contributed by atoms with van der Waals surface area (Å²) in [6.45, 7) is 11.7. The van der Waals surface area contributed by atoms with Crippen molar-refractivity contribution in [3.63, 3.8) is 0 Å². The van der Waals surface area contributed by atoms with E-state index in [1.54, 1.807) is 4.68 Å². The number of morpholine rings is 1. The first-order valence-electron chi connectivity index (χ1n) is 16.7. The van der Waals surface area contributed by atoms with Gasteiger partial charge in [0.15, 0.2) is 0 Å². The highest BCUT2D eigenvalue weighted by atomic mass is 16.5. The molecule has 1 saturated heterocycles. The summed E-state index contributed by atoms with van der Waals surface area (Å²) in [5.41, 5.74) is 7.44. The highest BCUT2D eigenvalue weighted by Gasteiger charge is 2.29. The number of hydrogen-bond acceptors (Lipinski definition) is 6. The third kappa shape index (κ3) is 7.71. The van der Waals surface area contributed by atoms with Gasteiger partial charge in [-0.2, -0.15) is 0 Å². The van der Waals surface area contributed by atoms with Crippen LogP contribution in [0.3, 0.4) is 0 Å². The van der Waals surface area contributed by atoms with Crippen molar-refractivity contribution in [1.82, 2.24) is 24.9 Å². The number of carbonyl (C=O) groups is 1. The Bertz CT molecular complexity index is 1490. The van der Waals surface area contributed by atoms with Gasteiger partial charge in [-0.3, -0.25) is 24.3 Å². The van der Waals surface area contributed by atoms with E-state index in [1.165, 1.54) is 18.4 Å². The van der Waals surface area contributed by atoms with Crippen molar-refractivity contribution in [3.8, 4) is 11.1 Å². The monoisotopic (exact) mass is 616 g/mol. The number of aromatic nitrogens is 2. The molecular formula is C36H52N6O3. The molecule has 2 N–H and O–H groups in total. The van der Waals surface area contributed by atoms with Gasteiger partial charge in [0.25, 0.3) is 11.5 Å². The third-order valence-corrected chi connectivity index (χ3v) is 9.94. The number of nitrogens with one attached hydrogen (secondary N) is 2. The SMILES string of the molecule is CCCN(c1cc(-c2ccc(CN3CCOCC3)cc2)cc(C(=O)NCc2c(C)n(C)[nH]c2=O)c1C)C1CCC(N(C)C)CC1. The molecule has 0 unspecified atom stereocenters. The predicted octanol–water partition coefficient (Wildman–Crippen LogP) is 4.85. The van der Waals surface area contributed by atoms with Crippen LogP contribution in [-0.4, -0.2) is 84.5 Å². The van der Waals surface area contributed by atoms with Gasteiger partial charge in [-0.15, -0.1) is 0 Å². The highest BCUT2D eigenvalue weighted by molar-refractivity contribution is 5.99. The Morgan fingerprint density at radius 2 is 1.67 bits per heavy atom. The van der Waals surface area contributed by atoms with Crippen molar-refractivity contribution in [1.29, 1.82) is 0 Å². The summed E-state index contributed by atoms with van der Waals surface area (Å²) >= 11 is 0. The van der Waals surface area contributed by atoms with Crippen LogP contribution in [0.5, 0.6) is 0 Å². The summed E-state index contributed by atoms with van der Waals surface area (Å²) in [4.78, 5) is 33.7. The number of aryl methyl sites for hydroxylation is 1. The van der Waals surface area contributed by atoms with E-state index >= 15 is 0 Å². The maximum Gasteiger partial charge on any atom is 0.269 e. The maximum atomic E-state index is 13.9. The topological polar surface area (TPSA) is 85.8 Å². The Morgan fingerprint density at radius 1 is 1.00 bits per heavy atom. The van der Waals surface area contributed by atoms with E-state index in [2.05, 4.69) is 83.4 Å². The van der Waals surface area contributed by atoms with Crippen LogP contribution < -0.4 is 15.8 Å². The molecule has 5 rings (SSSR count). The van der Waals surface area contributed by atoms with E-state index in [0.29, 0.717) is 23.2 Å². The van der Waals surface area contributed by atoms with E-state index in [1.807, 2.05) is 20.0 Å². The van der Waals surface area contributed by atoms with Crippen LogP contribution in [0.25, 0.3) is 11.1 Å². The molecule has 244 valence electrons. The van der Waals surface area contributed by atoms with Crippen molar-refractivity contribution < 1.29 is 9.53 Å². The van der Waals surface area contributed by atoms with Crippen LogP contribution in [0.15, 0.2) is 41.2 Å². The summed E-state index contributed by atoms with van der Waals surface area (Å²) in [7, 11) is 6.18. The number of carbonyl (C=O) groups excluding carboxylic acids is 1. The molecule has 0 atom stereocenters. The molecule has 9 nitrogen and oxygen atoms in total. The largest absolute Gasteiger partial charge is 0.379 e. The van der Waals surface area contributed by atoms with Gasteiger partial charge in [0.05, 0.1) is 25.3 Å². The molecule has 1 amide bonds. The Balaban J connectivity index is 1.47. The molecule has 2 heterocycles. The zero-order chi connectivity index (χ0) is 32.1. The van der Waals surface area contributed by atoms with Crippen molar-refractivity contribution in [2.24, 2.45) is 7.05 Å². The number of aromatic amines is 1. The number of H-pyrrole nitrogens is 1. The molecule has 45 heavy (non-hydrogen) atoms. The summed E-state index contributed by atoms with van der Waals surface area (Å²) in [5, 5.41) is 5.86. The molecule has 0 spiro atoms. The average Bonchev–Trinajstić information content (AvgIpc) is 3.29. The second kappa shape index (κ2) is 14.8. The van der Waals surface area contributed by atoms with Crippen LogP contribution in [0.4, 0.5) is 5.69 Å². The minimum absolute atomic E-state index is 0.157. The molecule has 2 aromatic carbocycles. The molecule has 3 aromatic rings. The Kier molecular flexibility index (Phi) is 10.8. The van der Waals surface area contributed by atoms with Crippen LogP contribution >= 0.6 is 0 Å². The lowest BCUT2D eigenvalue weighted by Crippen LogP contribution is -2.43. The van der Waals surface area contributed by atoms with E-state index in [0.717, 1.165) is 86.7 Å². The zero-order valence-electron chi connectivity index (χ0n) is 28.1. The molecular weight excluding hydrogens is 564 g/mol. The Morgan fingerprint density at radius 3 is 2.27 bits per heavy atom. The third-order valence-electron chi connectivity index (χ3n) is 9.94. The van der Waals surface area contributed by atoms with Crippen molar-refractivity contribution in [3.05, 3.63) is 74.7 Å². The van der Waals surface area contributed by atoms with Crippen molar-refractivity contribution >= 4 is 11.6 Å².